The average Bonchev–Trinajstić information content (AvgIpc) is 3.01. The van der Waals surface area contributed by atoms with Gasteiger partial charge >= 0.3 is 0 Å². The van der Waals surface area contributed by atoms with Gasteiger partial charge in [-0.05, 0) is 74.3 Å². The Morgan fingerprint density at radius 3 is 2.60 bits per heavy atom. The molecule has 2 bridgehead atoms. The Morgan fingerprint density at radius 2 is 1.95 bits per heavy atom. The second-order valence-corrected chi connectivity index (χ2v) is 7.48. The molecular weight excluding hydrogens is 242 g/mol. The maximum atomic E-state index is 3.65. The van der Waals surface area contributed by atoms with Crippen LogP contribution in [0.15, 0.2) is 30.3 Å². The van der Waals surface area contributed by atoms with Gasteiger partial charge < -0.3 is 5.32 Å². The van der Waals surface area contributed by atoms with Crippen molar-refractivity contribution in [1.29, 1.82) is 0 Å². The van der Waals surface area contributed by atoms with Crippen LogP contribution in [0.5, 0.6) is 0 Å². The Kier molecular flexibility index (Phi) is 3.34. The van der Waals surface area contributed by atoms with E-state index in [0.29, 0.717) is 0 Å². The van der Waals surface area contributed by atoms with Gasteiger partial charge in [0.15, 0.2) is 0 Å². The highest BCUT2D eigenvalue weighted by Crippen LogP contribution is 2.54. The van der Waals surface area contributed by atoms with E-state index in [1.54, 1.807) is 12.0 Å². The first-order valence-corrected chi connectivity index (χ1v) is 8.57. The average molecular weight is 269 g/mol. The molecule has 1 nitrogen and oxygen atoms in total. The lowest BCUT2D eigenvalue weighted by atomic mass is 9.83. The Bertz CT molecular complexity index is 454. The van der Waals surface area contributed by atoms with Gasteiger partial charge in [0.2, 0.25) is 0 Å². The van der Waals surface area contributed by atoms with Crippen molar-refractivity contribution in [3.63, 3.8) is 0 Å². The van der Waals surface area contributed by atoms with Gasteiger partial charge in [-0.2, -0.15) is 0 Å². The highest BCUT2D eigenvalue weighted by Gasteiger charge is 2.46. The second kappa shape index (κ2) is 5.18. The normalized spacial score (nSPS) is 40.0. The van der Waals surface area contributed by atoms with E-state index in [2.05, 4.69) is 42.7 Å². The molecule has 3 fully saturated rings. The molecule has 0 heterocycles. The quantitative estimate of drug-likeness (QED) is 0.844. The summed E-state index contributed by atoms with van der Waals surface area (Å²) in [5, 5.41) is 3.65. The van der Waals surface area contributed by atoms with Crippen molar-refractivity contribution in [2.24, 2.45) is 23.7 Å². The number of benzene rings is 1. The van der Waals surface area contributed by atoms with Crippen molar-refractivity contribution in [3.05, 3.63) is 35.9 Å². The minimum atomic E-state index is 0.754. The largest absolute Gasteiger partial charge is 0.317 e. The molecule has 0 radical (unpaired) electrons. The molecule has 20 heavy (non-hydrogen) atoms. The molecule has 1 aromatic carbocycles. The first-order chi connectivity index (χ1) is 9.85. The molecule has 108 valence electrons. The van der Waals surface area contributed by atoms with Crippen LogP contribution >= 0.6 is 0 Å². The van der Waals surface area contributed by atoms with E-state index in [1.807, 2.05) is 0 Å². The predicted molar refractivity (Wildman–Crippen MR) is 83.7 cm³/mol. The Morgan fingerprint density at radius 1 is 1.10 bits per heavy atom. The lowest BCUT2D eigenvalue weighted by Gasteiger charge is -2.27. The van der Waals surface area contributed by atoms with Crippen LogP contribution in [0.3, 0.4) is 0 Å². The summed E-state index contributed by atoms with van der Waals surface area (Å²) in [5.74, 6) is 4.91. The van der Waals surface area contributed by atoms with Crippen LogP contribution < -0.4 is 5.32 Å². The summed E-state index contributed by atoms with van der Waals surface area (Å²) in [6.45, 7) is 0. The number of fused-ring (bicyclic) bond motifs is 2. The molecule has 0 saturated heterocycles. The molecule has 3 aliphatic rings. The summed E-state index contributed by atoms with van der Waals surface area (Å²) in [4.78, 5) is 0. The molecule has 1 aromatic rings. The standard InChI is InChI=1S/C19H27N/c1-20-19(11-16-10-13-7-8-15(16)9-13)18-12-17(18)14-5-3-2-4-6-14/h2-6,13,15-20H,7-12H2,1H3. The van der Waals surface area contributed by atoms with Gasteiger partial charge in [0.05, 0.1) is 0 Å². The summed E-state index contributed by atoms with van der Waals surface area (Å²) >= 11 is 0. The van der Waals surface area contributed by atoms with Crippen molar-refractivity contribution in [2.75, 3.05) is 7.05 Å². The fourth-order valence-electron chi connectivity index (χ4n) is 5.24. The van der Waals surface area contributed by atoms with E-state index < -0.39 is 0 Å². The summed E-state index contributed by atoms with van der Waals surface area (Å²) in [5.41, 5.74) is 1.56. The van der Waals surface area contributed by atoms with Gasteiger partial charge in [-0.25, -0.2) is 0 Å². The fraction of sp³-hybridized carbons (Fsp3) is 0.684. The summed E-state index contributed by atoms with van der Waals surface area (Å²) < 4.78 is 0. The maximum absolute atomic E-state index is 3.65. The van der Waals surface area contributed by atoms with Crippen LogP contribution in [-0.4, -0.2) is 13.1 Å². The van der Waals surface area contributed by atoms with Crippen LogP contribution in [-0.2, 0) is 0 Å². The van der Waals surface area contributed by atoms with Crippen molar-refractivity contribution in [1.82, 2.24) is 5.32 Å². The van der Waals surface area contributed by atoms with Crippen LogP contribution in [0.1, 0.15) is 50.0 Å². The smallest absolute Gasteiger partial charge is 0.0101 e. The molecule has 1 heteroatoms. The van der Waals surface area contributed by atoms with Gasteiger partial charge in [0, 0.05) is 6.04 Å². The molecule has 0 amide bonds. The van der Waals surface area contributed by atoms with E-state index in [4.69, 9.17) is 0 Å². The van der Waals surface area contributed by atoms with Crippen molar-refractivity contribution in [3.8, 4) is 0 Å². The lowest BCUT2D eigenvalue weighted by molar-refractivity contribution is 0.270. The minimum Gasteiger partial charge on any atom is -0.317 e. The summed E-state index contributed by atoms with van der Waals surface area (Å²) in [6.07, 6.45) is 8.97. The highest BCUT2D eigenvalue weighted by molar-refractivity contribution is 5.26. The first-order valence-electron chi connectivity index (χ1n) is 8.57. The number of rotatable bonds is 5. The molecule has 0 aliphatic heterocycles. The number of nitrogens with one attached hydrogen (secondary N) is 1. The van der Waals surface area contributed by atoms with Crippen molar-refractivity contribution >= 4 is 0 Å². The molecular formula is C19H27N. The predicted octanol–water partition coefficient (Wildman–Crippen LogP) is 4.20. The van der Waals surface area contributed by atoms with Crippen LogP contribution in [0.2, 0.25) is 0 Å². The Balaban J connectivity index is 1.38. The molecule has 0 aromatic heterocycles. The molecule has 3 saturated carbocycles. The monoisotopic (exact) mass is 269 g/mol. The zero-order valence-corrected chi connectivity index (χ0v) is 12.6. The van der Waals surface area contributed by atoms with Crippen molar-refractivity contribution < 1.29 is 0 Å². The minimum absolute atomic E-state index is 0.754. The van der Waals surface area contributed by atoms with Crippen LogP contribution in [0, 0.1) is 23.7 Å². The highest BCUT2D eigenvalue weighted by atomic mass is 14.9. The molecule has 1 N–H and O–H groups in total. The molecule has 0 spiro atoms. The van der Waals surface area contributed by atoms with Crippen LogP contribution in [0.25, 0.3) is 0 Å². The molecule has 6 atom stereocenters. The van der Waals surface area contributed by atoms with Gasteiger partial charge in [0.1, 0.15) is 0 Å². The van der Waals surface area contributed by atoms with Gasteiger partial charge in [-0.1, -0.05) is 36.8 Å². The molecule has 4 rings (SSSR count). The Hall–Kier alpha value is -0.820. The van der Waals surface area contributed by atoms with E-state index in [0.717, 1.165) is 35.6 Å². The Labute approximate surface area is 123 Å². The van der Waals surface area contributed by atoms with Crippen molar-refractivity contribution in [2.45, 2.75) is 50.5 Å². The van der Waals surface area contributed by atoms with E-state index in [1.165, 1.54) is 32.1 Å². The molecule has 6 unspecified atom stereocenters. The zero-order valence-electron chi connectivity index (χ0n) is 12.6. The maximum Gasteiger partial charge on any atom is 0.0101 e. The first kappa shape index (κ1) is 12.9. The SMILES string of the molecule is CNC(CC1CC2CCC1C2)C1CC1c1ccccc1. The third-order valence-corrected chi connectivity index (χ3v) is 6.40. The zero-order chi connectivity index (χ0) is 13.5. The third kappa shape index (κ3) is 2.30. The van der Waals surface area contributed by atoms with Gasteiger partial charge in [-0.3, -0.25) is 0 Å². The number of hydrogen-bond donors (Lipinski definition) is 1. The second-order valence-electron chi connectivity index (χ2n) is 7.48. The molecule has 3 aliphatic carbocycles. The van der Waals surface area contributed by atoms with Crippen LogP contribution in [0.4, 0.5) is 0 Å². The topological polar surface area (TPSA) is 12.0 Å². The van der Waals surface area contributed by atoms with Gasteiger partial charge in [-0.15, -0.1) is 0 Å². The summed E-state index contributed by atoms with van der Waals surface area (Å²) in [7, 11) is 2.18. The lowest BCUT2D eigenvalue weighted by Crippen LogP contribution is -2.32. The van der Waals surface area contributed by atoms with E-state index in [9.17, 15) is 0 Å². The summed E-state index contributed by atoms with van der Waals surface area (Å²) in [6, 6.07) is 11.9. The van der Waals surface area contributed by atoms with Gasteiger partial charge in [0.25, 0.3) is 0 Å². The van der Waals surface area contributed by atoms with E-state index >= 15 is 0 Å². The van der Waals surface area contributed by atoms with E-state index in [-0.39, 0.29) is 0 Å². The third-order valence-electron chi connectivity index (χ3n) is 6.40. The number of hydrogen-bond acceptors (Lipinski definition) is 1. The fourth-order valence-corrected chi connectivity index (χ4v) is 5.24.